The second kappa shape index (κ2) is 7.92. The molecule has 0 unspecified atom stereocenters. The van der Waals surface area contributed by atoms with E-state index in [2.05, 4.69) is 43.6 Å². The molecule has 21 heavy (non-hydrogen) atoms. The number of carbonyl (C=O) groups excluding carboxylic acids is 1. The highest BCUT2D eigenvalue weighted by atomic mass is 32.1. The third kappa shape index (κ3) is 4.80. The summed E-state index contributed by atoms with van der Waals surface area (Å²) in [6, 6.07) is 4.74. The van der Waals surface area contributed by atoms with Gasteiger partial charge in [-0.25, -0.2) is 0 Å². The van der Waals surface area contributed by atoms with E-state index in [4.69, 9.17) is 4.74 Å². The molecule has 1 aromatic rings. The van der Waals surface area contributed by atoms with Gasteiger partial charge in [0.1, 0.15) is 19.1 Å². The topological polar surface area (TPSA) is 42.8 Å². The van der Waals surface area contributed by atoms with Crippen LogP contribution >= 0.6 is 11.3 Å². The highest BCUT2D eigenvalue weighted by Crippen LogP contribution is 2.20. The van der Waals surface area contributed by atoms with Crippen molar-refractivity contribution in [2.24, 2.45) is 5.92 Å². The molecule has 0 saturated carbocycles. The van der Waals surface area contributed by atoms with Crippen molar-refractivity contribution < 1.29 is 14.4 Å². The maximum absolute atomic E-state index is 12.1. The number of ether oxygens (including phenoxy) is 1. The second-order valence-electron chi connectivity index (χ2n) is 6.22. The Balaban J connectivity index is 2.05. The lowest BCUT2D eigenvalue weighted by Crippen LogP contribution is -3.15. The zero-order chi connectivity index (χ0) is 15.2. The highest BCUT2D eigenvalue weighted by molar-refractivity contribution is 7.10. The van der Waals surface area contributed by atoms with Crippen LogP contribution in [-0.2, 0) is 9.53 Å². The number of hydrogen-bond donors (Lipinski definition) is 2. The van der Waals surface area contributed by atoms with Gasteiger partial charge in [0.25, 0.3) is 0 Å². The van der Waals surface area contributed by atoms with Crippen LogP contribution in [0, 0.1) is 5.92 Å². The van der Waals surface area contributed by atoms with Gasteiger partial charge in [0.2, 0.25) is 5.91 Å². The van der Waals surface area contributed by atoms with Gasteiger partial charge in [0.15, 0.2) is 0 Å². The summed E-state index contributed by atoms with van der Waals surface area (Å²) < 4.78 is 5.48. The number of carbonyl (C=O) groups is 1. The fourth-order valence-corrected chi connectivity index (χ4v) is 3.97. The minimum Gasteiger partial charge on any atom is -0.370 e. The van der Waals surface area contributed by atoms with E-state index in [1.54, 1.807) is 11.3 Å². The summed E-state index contributed by atoms with van der Waals surface area (Å²) in [4.78, 5) is 14.9. The third-order valence-corrected chi connectivity index (χ3v) is 4.86. The summed E-state index contributed by atoms with van der Waals surface area (Å²) in [6.45, 7) is 9.92. The molecule has 0 radical (unpaired) electrons. The average molecular weight is 311 g/mol. The number of morpholine rings is 1. The van der Waals surface area contributed by atoms with E-state index >= 15 is 0 Å². The third-order valence-electron chi connectivity index (χ3n) is 3.91. The summed E-state index contributed by atoms with van der Waals surface area (Å²) in [7, 11) is 0. The van der Waals surface area contributed by atoms with Crippen LogP contribution in [0.15, 0.2) is 17.5 Å². The Bertz CT molecular complexity index is 427. The van der Waals surface area contributed by atoms with Gasteiger partial charge in [0.05, 0.1) is 24.1 Å². The van der Waals surface area contributed by atoms with Crippen LogP contribution in [-0.4, -0.2) is 38.3 Å². The number of amides is 1. The standard InChI is InChI=1S/C16H26N2O2S/c1-12(2)11-15(19)17-13(3)16(14-5-4-10-21-14)18-6-8-20-9-7-18/h4-5,10,12-13,16H,6-9,11H2,1-3H3,(H,17,19)/p+1/t13-,16+/m0/s1. The fourth-order valence-electron chi connectivity index (χ4n) is 2.98. The van der Waals surface area contributed by atoms with E-state index in [0.717, 1.165) is 26.3 Å². The van der Waals surface area contributed by atoms with E-state index in [0.29, 0.717) is 18.4 Å². The Morgan fingerprint density at radius 1 is 1.38 bits per heavy atom. The molecular weight excluding hydrogens is 284 g/mol. The molecule has 2 atom stereocenters. The van der Waals surface area contributed by atoms with Crippen molar-refractivity contribution in [2.75, 3.05) is 26.3 Å². The van der Waals surface area contributed by atoms with Crippen LogP contribution in [0.1, 0.15) is 38.1 Å². The zero-order valence-corrected chi connectivity index (χ0v) is 14.0. The van der Waals surface area contributed by atoms with Crippen LogP contribution in [0.3, 0.4) is 0 Å². The molecule has 2 heterocycles. The smallest absolute Gasteiger partial charge is 0.220 e. The lowest BCUT2D eigenvalue weighted by atomic mass is 10.0. The van der Waals surface area contributed by atoms with Crippen molar-refractivity contribution in [3.8, 4) is 0 Å². The zero-order valence-electron chi connectivity index (χ0n) is 13.2. The number of thiophene rings is 1. The van der Waals surface area contributed by atoms with Crippen molar-refractivity contribution in [3.05, 3.63) is 22.4 Å². The van der Waals surface area contributed by atoms with E-state index in [-0.39, 0.29) is 11.9 Å². The summed E-state index contributed by atoms with van der Waals surface area (Å²) >= 11 is 1.78. The van der Waals surface area contributed by atoms with Gasteiger partial charge in [-0.3, -0.25) is 4.79 Å². The van der Waals surface area contributed by atoms with E-state index in [1.807, 2.05) is 0 Å². The second-order valence-corrected chi connectivity index (χ2v) is 7.20. The van der Waals surface area contributed by atoms with Crippen molar-refractivity contribution in [3.63, 3.8) is 0 Å². The summed E-state index contributed by atoms with van der Waals surface area (Å²) in [5.74, 6) is 0.555. The van der Waals surface area contributed by atoms with E-state index < -0.39 is 0 Å². The molecule has 0 bridgehead atoms. The molecule has 4 nitrogen and oxygen atoms in total. The molecule has 1 saturated heterocycles. The van der Waals surface area contributed by atoms with E-state index in [1.165, 1.54) is 9.78 Å². The lowest BCUT2D eigenvalue weighted by Gasteiger charge is -2.34. The molecule has 1 aromatic heterocycles. The maximum Gasteiger partial charge on any atom is 0.220 e. The van der Waals surface area contributed by atoms with Gasteiger partial charge in [0, 0.05) is 6.42 Å². The number of quaternary nitrogens is 1. The summed E-state index contributed by atoms with van der Waals surface area (Å²) in [5, 5.41) is 5.32. The van der Waals surface area contributed by atoms with Crippen LogP contribution in [0.2, 0.25) is 0 Å². The van der Waals surface area contributed by atoms with Crippen LogP contribution in [0.25, 0.3) is 0 Å². The SMILES string of the molecule is CC(C)CC(=O)N[C@@H](C)[C@H](c1cccs1)[NH+]1CCOCC1. The molecule has 1 aliphatic rings. The number of rotatable bonds is 6. The summed E-state index contributed by atoms with van der Waals surface area (Å²) in [6.07, 6.45) is 0.597. The summed E-state index contributed by atoms with van der Waals surface area (Å²) in [5.41, 5.74) is 0. The molecular formula is C16H27N2O2S+. The lowest BCUT2D eigenvalue weighted by molar-refractivity contribution is -0.939. The number of nitrogens with one attached hydrogen (secondary N) is 2. The van der Waals surface area contributed by atoms with Crippen molar-refractivity contribution in [1.29, 1.82) is 0 Å². The molecule has 5 heteroatoms. The highest BCUT2D eigenvalue weighted by Gasteiger charge is 2.32. The first-order valence-electron chi connectivity index (χ1n) is 7.83. The molecule has 2 N–H and O–H groups in total. The van der Waals surface area contributed by atoms with Gasteiger partial charge >= 0.3 is 0 Å². The Labute approximate surface area is 131 Å². The van der Waals surface area contributed by atoms with Crippen LogP contribution in [0.5, 0.6) is 0 Å². The fraction of sp³-hybridized carbons (Fsp3) is 0.688. The molecule has 1 aliphatic heterocycles. The predicted molar refractivity (Wildman–Crippen MR) is 85.6 cm³/mol. The Hall–Kier alpha value is -0.910. The van der Waals surface area contributed by atoms with Crippen molar-refractivity contribution in [2.45, 2.75) is 39.3 Å². The van der Waals surface area contributed by atoms with Gasteiger partial charge < -0.3 is 15.0 Å². The predicted octanol–water partition coefficient (Wildman–Crippen LogP) is 1.26. The van der Waals surface area contributed by atoms with Gasteiger partial charge in [-0.2, -0.15) is 0 Å². The minimum absolute atomic E-state index is 0.142. The Morgan fingerprint density at radius 2 is 2.10 bits per heavy atom. The first-order chi connectivity index (χ1) is 10.1. The van der Waals surface area contributed by atoms with Crippen LogP contribution in [0.4, 0.5) is 0 Å². The molecule has 0 aliphatic carbocycles. The Kier molecular flexibility index (Phi) is 6.21. The van der Waals surface area contributed by atoms with Gasteiger partial charge in [-0.1, -0.05) is 19.9 Å². The monoisotopic (exact) mass is 311 g/mol. The normalized spacial score (nSPS) is 19.4. The molecule has 0 spiro atoms. The Morgan fingerprint density at radius 3 is 2.67 bits per heavy atom. The molecule has 1 amide bonds. The molecule has 1 fully saturated rings. The average Bonchev–Trinajstić information content (AvgIpc) is 2.92. The van der Waals surface area contributed by atoms with Gasteiger partial charge in [-0.15, -0.1) is 11.3 Å². The van der Waals surface area contributed by atoms with Crippen LogP contribution < -0.4 is 10.2 Å². The van der Waals surface area contributed by atoms with Crippen molar-refractivity contribution >= 4 is 17.2 Å². The minimum atomic E-state index is 0.142. The number of hydrogen-bond acceptors (Lipinski definition) is 3. The largest absolute Gasteiger partial charge is 0.370 e. The van der Waals surface area contributed by atoms with Crippen molar-refractivity contribution in [1.82, 2.24) is 5.32 Å². The molecule has 118 valence electrons. The quantitative estimate of drug-likeness (QED) is 0.830. The molecule has 0 aromatic carbocycles. The first kappa shape index (κ1) is 16.5. The van der Waals surface area contributed by atoms with Gasteiger partial charge in [-0.05, 0) is 24.3 Å². The maximum atomic E-state index is 12.1. The first-order valence-corrected chi connectivity index (χ1v) is 8.71. The van der Waals surface area contributed by atoms with E-state index in [9.17, 15) is 4.79 Å². The molecule has 2 rings (SSSR count).